The van der Waals surface area contributed by atoms with Gasteiger partial charge >= 0.3 is 0 Å². The van der Waals surface area contributed by atoms with Crippen LogP contribution in [-0.2, 0) is 0 Å². The fourth-order valence-corrected chi connectivity index (χ4v) is 3.44. The van der Waals surface area contributed by atoms with E-state index in [0.29, 0.717) is 23.8 Å². The molecule has 1 aliphatic rings. The van der Waals surface area contributed by atoms with Crippen LogP contribution in [0.3, 0.4) is 0 Å². The highest BCUT2D eigenvalue weighted by Gasteiger charge is 2.35. The molecule has 1 atom stereocenters. The quantitative estimate of drug-likeness (QED) is 0.651. The second kappa shape index (κ2) is 6.88. The highest BCUT2D eigenvalue weighted by molar-refractivity contribution is 6.32. The van der Waals surface area contributed by atoms with Gasteiger partial charge in [0, 0.05) is 18.3 Å². The van der Waals surface area contributed by atoms with Gasteiger partial charge in [0.2, 0.25) is 11.7 Å². The monoisotopic (exact) mass is 368 g/mol. The molecule has 2 aromatic heterocycles. The molecule has 26 heavy (non-hydrogen) atoms. The smallest absolute Gasteiger partial charge is 0.257 e. The van der Waals surface area contributed by atoms with Gasteiger partial charge in [-0.3, -0.25) is 4.79 Å². The Morgan fingerprint density at radius 1 is 1.31 bits per heavy atom. The topological polar surface area (TPSA) is 72.1 Å². The number of halogens is 1. The van der Waals surface area contributed by atoms with E-state index in [2.05, 4.69) is 15.1 Å². The van der Waals surface area contributed by atoms with Gasteiger partial charge in [-0.1, -0.05) is 40.5 Å². The number of nitrogens with zero attached hydrogens (tertiary/aromatic N) is 4. The van der Waals surface area contributed by atoms with Gasteiger partial charge in [-0.05, 0) is 38.0 Å². The highest BCUT2D eigenvalue weighted by Crippen LogP contribution is 2.34. The number of carbonyl (C=O) groups is 1. The van der Waals surface area contributed by atoms with Crippen molar-refractivity contribution >= 4 is 17.5 Å². The van der Waals surface area contributed by atoms with E-state index in [1.54, 1.807) is 23.2 Å². The predicted molar refractivity (Wildman–Crippen MR) is 96.7 cm³/mol. The first-order valence-corrected chi connectivity index (χ1v) is 8.83. The Balaban J connectivity index is 1.61. The lowest BCUT2D eigenvalue weighted by Crippen LogP contribution is -2.31. The van der Waals surface area contributed by atoms with E-state index < -0.39 is 0 Å². The van der Waals surface area contributed by atoms with Gasteiger partial charge in [0.15, 0.2) is 0 Å². The summed E-state index contributed by atoms with van der Waals surface area (Å²) in [5, 5.41) is 4.30. The molecule has 6 nitrogen and oxygen atoms in total. The number of hydrogen-bond acceptors (Lipinski definition) is 5. The van der Waals surface area contributed by atoms with Crippen LogP contribution >= 0.6 is 11.6 Å². The third-order valence-corrected chi connectivity index (χ3v) is 4.81. The molecule has 0 radical (unpaired) electrons. The van der Waals surface area contributed by atoms with Crippen LogP contribution in [0.1, 0.15) is 40.7 Å². The summed E-state index contributed by atoms with van der Waals surface area (Å²) < 4.78 is 5.49. The lowest BCUT2D eigenvalue weighted by Gasteiger charge is -2.22. The number of carbonyl (C=O) groups excluding carboxylic acids is 1. The van der Waals surface area contributed by atoms with Crippen LogP contribution in [0, 0.1) is 6.92 Å². The molecule has 1 fully saturated rings. The van der Waals surface area contributed by atoms with Gasteiger partial charge in [0.25, 0.3) is 5.91 Å². The second-order valence-electron chi connectivity index (χ2n) is 6.32. The number of pyridine rings is 1. The van der Waals surface area contributed by atoms with Gasteiger partial charge in [-0.15, -0.1) is 0 Å². The van der Waals surface area contributed by atoms with Crippen molar-refractivity contribution < 1.29 is 9.32 Å². The number of aromatic nitrogens is 3. The third-order valence-electron chi connectivity index (χ3n) is 4.51. The molecule has 1 amide bonds. The minimum Gasteiger partial charge on any atom is -0.337 e. The maximum atomic E-state index is 12.9. The van der Waals surface area contributed by atoms with Crippen molar-refractivity contribution in [1.29, 1.82) is 0 Å². The number of likely N-dealkylation sites (tertiary alicyclic amines) is 1. The summed E-state index contributed by atoms with van der Waals surface area (Å²) in [6.07, 6.45) is 3.21. The van der Waals surface area contributed by atoms with Gasteiger partial charge in [0.05, 0.1) is 5.56 Å². The zero-order chi connectivity index (χ0) is 18.1. The summed E-state index contributed by atoms with van der Waals surface area (Å²) >= 11 is 6.08. The van der Waals surface area contributed by atoms with E-state index in [1.807, 2.05) is 31.2 Å². The molecule has 0 N–H and O–H groups in total. The molecule has 3 aromatic rings. The molecule has 1 saturated heterocycles. The first-order valence-electron chi connectivity index (χ1n) is 8.45. The van der Waals surface area contributed by atoms with Crippen molar-refractivity contribution in [2.24, 2.45) is 0 Å². The molecule has 3 heterocycles. The van der Waals surface area contributed by atoms with E-state index >= 15 is 0 Å². The van der Waals surface area contributed by atoms with Crippen LogP contribution in [0.2, 0.25) is 5.15 Å². The molecular weight excluding hydrogens is 352 g/mol. The molecule has 0 aliphatic carbocycles. The first-order chi connectivity index (χ1) is 12.6. The van der Waals surface area contributed by atoms with Crippen molar-refractivity contribution in [3.05, 3.63) is 64.8 Å². The Kier molecular flexibility index (Phi) is 4.42. The van der Waals surface area contributed by atoms with Crippen LogP contribution in [0.4, 0.5) is 0 Å². The SMILES string of the molecule is Cc1cccc(-c2noc(C3CCCN3C(=O)c3cccnc3Cl)n2)c1. The van der Waals surface area contributed by atoms with Crippen LogP contribution in [-0.4, -0.2) is 32.5 Å². The predicted octanol–water partition coefficient (Wildman–Crippen LogP) is 4.07. The molecule has 1 unspecified atom stereocenters. The number of rotatable bonds is 3. The maximum Gasteiger partial charge on any atom is 0.257 e. The summed E-state index contributed by atoms with van der Waals surface area (Å²) in [5.41, 5.74) is 2.41. The van der Waals surface area contributed by atoms with Crippen molar-refractivity contribution in [1.82, 2.24) is 20.0 Å². The molecule has 0 spiro atoms. The summed E-state index contributed by atoms with van der Waals surface area (Å²) in [6, 6.07) is 11.0. The van der Waals surface area contributed by atoms with E-state index in [4.69, 9.17) is 16.1 Å². The Labute approximate surface area is 155 Å². The zero-order valence-corrected chi connectivity index (χ0v) is 15.0. The Morgan fingerprint density at radius 2 is 2.19 bits per heavy atom. The normalized spacial score (nSPS) is 16.8. The number of amides is 1. The van der Waals surface area contributed by atoms with Crippen molar-refractivity contribution in [3.8, 4) is 11.4 Å². The maximum absolute atomic E-state index is 12.9. The van der Waals surface area contributed by atoms with Crippen LogP contribution in [0.15, 0.2) is 47.1 Å². The number of benzene rings is 1. The molecule has 1 aromatic carbocycles. The van der Waals surface area contributed by atoms with E-state index in [-0.39, 0.29) is 17.1 Å². The van der Waals surface area contributed by atoms with Crippen LogP contribution in [0.5, 0.6) is 0 Å². The standard InChI is InChI=1S/C19H17ClN4O2/c1-12-5-2-6-13(11-12)17-22-18(26-23-17)15-8-4-10-24(15)19(25)14-7-3-9-21-16(14)20/h2-3,5-7,9,11,15H,4,8,10H2,1H3. The van der Waals surface area contributed by atoms with Crippen LogP contribution < -0.4 is 0 Å². The van der Waals surface area contributed by atoms with Gasteiger partial charge in [-0.2, -0.15) is 4.98 Å². The second-order valence-corrected chi connectivity index (χ2v) is 6.68. The third kappa shape index (κ3) is 3.08. The Morgan fingerprint density at radius 3 is 3.00 bits per heavy atom. The van der Waals surface area contributed by atoms with Gasteiger partial charge < -0.3 is 9.42 Å². The molecular formula is C19H17ClN4O2. The lowest BCUT2D eigenvalue weighted by molar-refractivity contribution is 0.0710. The molecule has 0 saturated carbocycles. The Hall–Kier alpha value is -2.73. The summed E-state index contributed by atoms with van der Waals surface area (Å²) in [4.78, 5) is 23.1. The van der Waals surface area contributed by atoms with E-state index in [9.17, 15) is 4.79 Å². The van der Waals surface area contributed by atoms with Gasteiger partial charge in [0.1, 0.15) is 11.2 Å². The Bertz CT molecular complexity index is 956. The van der Waals surface area contributed by atoms with Crippen LogP contribution in [0.25, 0.3) is 11.4 Å². The van der Waals surface area contributed by atoms with Crippen molar-refractivity contribution in [2.75, 3.05) is 6.54 Å². The highest BCUT2D eigenvalue weighted by atomic mass is 35.5. The van der Waals surface area contributed by atoms with Gasteiger partial charge in [-0.25, -0.2) is 4.98 Å². The molecule has 0 bridgehead atoms. The summed E-state index contributed by atoms with van der Waals surface area (Å²) in [6.45, 7) is 2.64. The fraction of sp³-hybridized carbons (Fsp3) is 0.263. The number of aryl methyl sites for hydroxylation is 1. The molecule has 7 heteroatoms. The molecule has 132 valence electrons. The number of hydrogen-bond donors (Lipinski definition) is 0. The average molecular weight is 369 g/mol. The summed E-state index contributed by atoms with van der Waals surface area (Å²) in [7, 11) is 0. The van der Waals surface area contributed by atoms with Crippen molar-refractivity contribution in [2.45, 2.75) is 25.8 Å². The first kappa shape index (κ1) is 16.7. The van der Waals surface area contributed by atoms with E-state index in [0.717, 1.165) is 24.0 Å². The zero-order valence-electron chi connectivity index (χ0n) is 14.2. The minimum absolute atomic E-state index is 0.166. The summed E-state index contributed by atoms with van der Waals surface area (Å²) in [5.74, 6) is 0.815. The largest absolute Gasteiger partial charge is 0.337 e. The molecule has 4 rings (SSSR count). The van der Waals surface area contributed by atoms with E-state index in [1.165, 1.54) is 0 Å². The lowest BCUT2D eigenvalue weighted by atomic mass is 10.1. The molecule has 1 aliphatic heterocycles. The van der Waals surface area contributed by atoms with Crippen molar-refractivity contribution in [3.63, 3.8) is 0 Å². The minimum atomic E-state index is -0.246. The fourth-order valence-electron chi connectivity index (χ4n) is 3.24. The average Bonchev–Trinajstić information content (AvgIpc) is 3.31.